The molecule has 2 aliphatic heterocycles. The standard InChI is InChI=1S/C8H11NO2/c1-2-4-9(3-1)8-7-10-5-6-11-8/h5-7H,1-4H2. The summed E-state index contributed by atoms with van der Waals surface area (Å²) in [6.07, 6.45) is 7.24. The molecule has 3 nitrogen and oxygen atoms in total. The van der Waals surface area contributed by atoms with Gasteiger partial charge in [0.15, 0.2) is 6.26 Å². The van der Waals surface area contributed by atoms with Gasteiger partial charge in [-0.2, -0.15) is 0 Å². The van der Waals surface area contributed by atoms with Crippen LogP contribution in [-0.4, -0.2) is 18.0 Å². The van der Waals surface area contributed by atoms with Gasteiger partial charge in [-0.3, -0.25) is 0 Å². The lowest BCUT2D eigenvalue weighted by Crippen LogP contribution is -2.20. The molecule has 0 saturated carbocycles. The molecule has 0 N–H and O–H groups in total. The summed E-state index contributed by atoms with van der Waals surface area (Å²) in [5, 5.41) is 0. The fourth-order valence-corrected chi connectivity index (χ4v) is 1.34. The smallest absolute Gasteiger partial charge is 0.230 e. The molecule has 2 aliphatic rings. The first-order chi connectivity index (χ1) is 5.47. The van der Waals surface area contributed by atoms with Crippen LogP contribution in [0.2, 0.25) is 0 Å². The Balaban J connectivity index is 1.97. The van der Waals surface area contributed by atoms with Gasteiger partial charge in [0.1, 0.15) is 12.5 Å². The number of hydrogen-bond acceptors (Lipinski definition) is 3. The lowest BCUT2D eigenvalue weighted by Gasteiger charge is -2.20. The van der Waals surface area contributed by atoms with Crippen molar-refractivity contribution in [3.8, 4) is 0 Å². The highest BCUT2D eigenvalue weighted by Crippen LogP contribution is 2.17. The van der Waals surface area contributed by atoms with Crippen LogP contribution in [0.15, 0.2) is 24.7 Å². The number of likely N-dealkylation sites (tertiary alicyclic amines) is 1. The average molecular weight is 153 g/mol. The van der Waals surface area contributed by atoms with Gasteiger partial charge in [0.2, 0.25) is 5.88 Å². The normalized spacial score (nSPS) is 22.5. The van der Waals surface area contributed by atoms with E-state index in [1.165, 1.54) is 19.1 Å². The first-order valence-electron chi connectivity index (χ1n) is 3.89. The van der Waals surface area contributed by atoms with Crippen LogP contribution < -0.4 is 0 Å². The second-order valence-electron chi connectivity index (χ2n) is 2.68. The van der Waals surface area contributed by atoms with E-state index in [0.29, 0.717) is 0 Å². The Morgan fingerprint density at radius 2 is 2.00 bits per heavy atom. The Morgan fingerprint density at radius 1 is 1.18 bits per heavy atom. The zero-order valence-electron chi connectivity index (χ0n) is 6.32. The molecule has 0 spiro atoms. The van der Waals surface area contributed by atoms with Crippen LogP contribution in [0.5, 0.6) is 0 Å². The fraction of sp³-hybridized carbons (Fsp3) is 0.500. The molecule has 1 fully saturated rings. The van der Waals surface area contributed by atoms with E-state index in [4.69, 9.17) is 9.47 Å². The number of nitrogens with zero attached hydrogens (tertiary/aromatic N) is 1. The minimum absolute atomic E-state index is 0.838. The van der Waals surface area contributed by atoms with Crippen LogP contribution in [0.25, 0.3) is 0 Å². The molecule has 0 aromatic carbocycles. The van der Waals surface area contributed by atoms with Gasteiger partial charge in [0.25, 0.3) is 0 Å². The molecule has 0 aromatic heterocycles. The van der Waals surface area contributed by atoms with Crippen LogP contribution in [0.3, 0.4) is 0 Å². The van der Waals surface area contributed by atoms with E-state index >= 15 is 0 Å². The highest BCUT2D eigenvalue weighted by molar-refractivity contribution is 4.96. The van der Waals surface area contributed by atoms with Gasteiger partial charge in [0.05, 0.1) is 0 Å². The molecule has 0 aliphatic carbocycles. The third-order valence-corrected chi connectivity index (χ3v) is 1.91. The number of hydrogen-bond donors (Lipinski definition) is 0. The maximum absolute atomic E-state index is 5.24. The van der Waals surface area contributed by atoms with Crippen molar-refractivity contribution in [3.05, 3.63) is 24.7 Å². The molecule has 0 unspecified atom stereocenters. The van der Waals surface area contributed by atoms with E-state index < -0.39 is 0 Å². The predicted molar refractivity (Wildman–Crippen MR) is 40.2 cm³/mol. The first kappa shape index (κ1) is 6.58. The number of rotatable bonds is 1. The van der Waals surface area contributed by atoms with Gasteiger partial charge in [-0.05, 0) is 12.8 Å². The minimum Gasteiger partial charge on any atom is -0.464 e. The van der Waals surface area contributed by atoms with Gasteiger partial charge in [-0.15, -0.1) is 0 Å². The van der Waals surface area contributed by atoms with Crippen LogP contribution in [0.1, 0.15) is 12.8 Å². The van der Waals surface area contributed by atoms with Gasteiger partial charge in [-0.25, -0.2) is 0 Å². The summed E-state index contributed by atoms with van der Waals surface area (Å²) < 4.78 is 10.2. The summed E-state index contributed by atoms with van der Waals surface area (Å²) >= 11 is 0. The molecule has 1 saturated heterocycles. The third-order valence-electron chi connectivity index (χ3n) is 1.91. The van der Waals surface area contributed by atoms with Gasteiger partial charge >= 0.3 is 0 Å². The molecular weight excluding hydrogens is 142 g/mol. The highest BCUT2D eigenvalue weighted by Gasteiger charge is 2.16. The second-order valence-corrected chi connectivity index (χ2v) is 2.68. The zero-order valence-corrected chi connectivity index (χ0v) is 6.32. The van der Waals surface area contributed by atoms with Crippen LogP contribution >= 0.6 is 0 Å². The van der Waals surface area contributed by atoms with Crippen molar-refractivity contribution in [2.45, 2.75) is 12.8 Å². The summed E-state index contributed by atoms with van der Waals surface area (Å²) in [4.78, 5) is 2.18. The van der Waals surface area contributed by atoms with Gasteiger partial charge < -0.3 is 14.4 Å². The molecule has 11 heavy (non-hydrogen) atoms. The quantitative estimate of drug-likeness (QED) is 0.568. The predicted octanol–water partition coefficient (Wildman–Crippen LogP) is 1.40. The molecule has 3 heteroatoms. The summed E-state index contributed by atoms with van der Waals surface area (Å²) in [6.45, 7) is 2.17. The SMILES string of the molecule is C1=COC(N2CCCC2)=CO1. The van der Waals surface area contributed by atoms with E-state index in [1.54, 1.807) is 12.5 Å². The van der Waals surface area contributed by atoms with Crippen molar-refractivity contribution < 1.29 is 9.47 Å². The van der Waals surface area contributed by atoms with E-state index in [1.807, 2.05) is 0 Å². The van der Waals surface area contributed by atoms with E-state index in [2.05, 4.69) is 4.90 Å². The van der Waals surface area contributed by atoms with Gasteiger partial charge in [-0.1, -0.05) is 0 Å². The molecule has 2 rings (SSSR count). The fourth-order valence-electron chi connectivity index (χ4n) is 1.34. The molecule has 2 heterocycles. The Kier molecular flexibility index (Phi) is 1.71. The molecule has 0 amide bonds. The molecule has 60 valence electrons. The average Bonchev–Trinajstić information content (AvgIpc) is 2.58. The summed E-state index contributed by atoms with van der Waals surface area (Å²) in [5.41, 5.74) is 0. The maximum Gasteiger partial charge on any atom is 0.230 e. The van der Waals surface area contributed by atoms with E-state index in [-0.39, 0.29) is 0 Å². The van der Waals surface area contributed by atoms with Crippen molar-refractivity contribution in [2.75, 3.05) is 13.1 Å². The Morgan fingerprint density at radius 3 is 2.64 bits per heavy atom. The third kappa shape index (κ3) is 1.31. The lowest BCUT2D eigenvalue weighted by molar-refractivity contribution is 0.161. The van der Waals surface area contributed by atoms with Crippen molar-refractivity contribution in [1.82, 2.24) is 4.90 Å². The summed E-state index contributed by atoms with van der Waals surface area (Å²) in [7, 11) is 0. The number of ether oxygens (including phenoxy) is 2. The van der Waals surface area contributed by atoms with E-state index in [0.717, 1.165) is 19.0 Å². The molecular formula is C8H11NO2. The minimum atomic E-state index is 0.838. The highest BCUT2D eigenvalue weighted by atomic mass is 16.5. The van der Waals surface area contributed by atoms with Gasteiger partial charge in [0, 0.05) is 13.1 Å². The molecule has 0 aromatic rings. The van der Waals surface area contributed by atoms with Crippen molar-refractivity contribution in [1.29, 1.82) is 0 Å². The molecule has 0 atom stereocenters. The molecule has 0 radical (unpaired) electrons. The Hall–Kier alpha value is -1.12. The van der Waals surface area contributed by atoms with Crippen LogP contribution in [-0.2, 0) is 9.47 Å². The Bertz CT molecular complexity index is 192. The monoisotopic (exact) mass is 153 g/mol. The van der Waals surface area contributed by atoms with Crippen LogP contribution in [0.4, 0.5) is 0 Å². The topological polar surface area (TPSA) is 21.7 Å². The summed E-state index contributed by atoms with van der Waals surface area (Å²) in [5.74, 6) is 0.838. The van der Waals surface area contributed by atoms with Crippen molar-refractivity contribution in [3.63, 3.8) is 0 Å². The van der Waals surface area contributed by atoms with Crippen molar-refractivity contribution in [2.24, 2.45) is 0 Å². The largest absolute Gasteiger partial charge is 0.464 e. The van der Waals surface area contributed by atoms with Crippen molar-refractivity contribution >= 4 is 0 Å². The first-order valence-corrected chi connectivity index (χ1v) is 3.89. The maximum atomic E-state index is 5.24. The molecule has 0 bridgehead atoms. The lowest BCUT2D eigenvalue weighted by atomic mass is 10.4. The zero-order chi connectivity index (χ0) is 7.52. The van der Waals surface area contributed by atoms with Crippen LogP contribution in [0, 0.1) is 0 Å². The van der Waals surface area contributed by atoms with E-state index in [9.17, 15) is 0 Å². The Labute approximate surface area is 65.9 Å². The second kappa shape index (κ2) is 2.86. The summed E-state index contributed by atoms with van der Waals surface area (Å²) in [6, 6.07) is 0.